The molecule has 0 aromatic heterocycles. The number of ether oxygens (including phenoxy) is 1. The highest BCUT2D eigenvalue weighted by molar-refractivity contribution is 7.80. The standard InChI is InChI=1S/C13H26N2O2S/c1-10(2)13(16)15(8-6-12(14)18)7-5-9-17-11(3)4/h10-11H,5-9H2,1-4H3,(H2,14,18). The summed E-state index contributed by atoms with van der Waals surface area (Å²) in [5.41, 5.74) is 5.48. The van der Waals surface area contributed by atoms with Gasteiger partial charge in [-0.3, -0.25) is 4.79 Å². The van der Waals surface area contributed by atoms with Gasteiger partial charge in [-0.2, -0.15) is 0 Å². The fourth-order valence-corrected chi connectivity index (χ4v) is 1.61. The van der Waals surface area contributed by atoms with Crippen LogP contribution < -0.4 is 5.73 Å². The van der Waals surface area contributed by atoms with E-state index in [0.29, 0.717) is 31.1 Å². The normalized spacial score (nSPS) is 11.0. The third-order valence-electron chi connectivity index (χ3n) is 2.46. The minimum Gasteiger partial charge on any atom is -0.393 e. The van der Waals surface area contributed by atoms with Crippen molar-refractivity contribution in [1.29, 1.82) is 0 Å². The molecule has 5 heteroatoms. The summed E-state index contributed by atoms with van der Waals surface area (Å²) in [5.74, 6) is 0.151. The molecule has 0 unspecified atom stereocenters. The predicted octanol–water partition coefficient (Wildman–Crippen LogP) is 1.96. The van der Waals surface area contributed by atoms with Gasteiger partial charge in [0.05, 0.1) is 11.1 Å². The zero-order chi connectivity index (χ0) is 14.1. The molecule has 0 saturated heterocycles. The first kappa shape index (κ1) is 17.3. The van der Waals surface area contributed by atoms with E-state index in [-0.39, 0.29) is 17.9 Å². The monoisotopic (exact) mass is 274 g/mol. The molecule has 18 heavy (non-hydrogen) atoms. The number of carbonyl (C=O) groups excluding carboxylic acids is 1. The maximum Gasteiger partial charge on any atom is 0.225 e. The number of rotatable bonds is 9. The number of hydrogen-bond acceptors (Lipinski definition) is 3. The SMILES string of the molecule is CC(C)OCCCN(CCC(N)=S)C(=O)C(C)C. The minimum absolute atomic E-state index is 0.00219. The van der Waals surface area contributed by atoms with Crippen molar-refractivity contribution in [3.8, 4) is 0 Å². The molecule has 2 N–H and O–H groups in total. The van der Waals surface area contributed by atoms with E-state index in [1.165, 1.54) is 0 Å². The molecule has 106 valence electrons. The first-order chi connectivity index (χ1) is 8.34. The highest BCUT2D eigenvalue weighted by Crippen LogP contribution is 2.04. The van der Waals surface area contributed by atoms with Crippen molar-refractivity contribution in [2.24, 2.45) is 11.7 Å². The maximum absolute atomic E-state index is 12.0. The summed E-state index contributed by atoms with van der Waals surface area (Å²) in [6, 6.07) is 0. The summed E-state index contributed by atoms with van der Waals surface area (Å²) >= 11 is 4.85. The van der Waals surface area contributed by atoms with Crippen LogP contribution in [0, 0.1) is 5.92 Å². The molecule has 0 spiro atoms. The summed E-state index contributed by atoms with van der Waals surface area (Å²) < 4.78 is 5.47. The predicted molar refractivity (Wildman–Crippen MR) is 78.5 cm³/mol. The molecule has 1 amide bonds. The van der Waals surface area contributed by atoms with Crippen LogP contribution >= 0.6 is 12.2 Å². The van der Waals surface area contributed by atoms with Crippen LogP contribution in [-0.4, -0.2) is 41.6 Å². The summed E-state index contributed by atoms with van der Waals surface area (Å²) in [6.07, 6.45) is 1.66. The molecular weight excluding hydrogens is 248 g/mol. The fourth-order valence-electron chi connectivity index (χ4n) is 1.52. The van der Waals surface area contributed by atoms with Crippen LogP contribution in [0.15, 0.2) is 0 Å². The summed E-state index contributed by atoms with van der Waals surface area (Å²) in [7, 11) is 0. The molecule has 0 aliphatic rings. The molecule has 0 aliphatic carbocycles. The Hall–Kier alpha value is -0.680. The van der Waals surface area contributed by atoms with Crippen LogP contribution in [0.1, 0.15) is 40.5 Å². The van der Waals surface area contributed by atoms with E-state index >= 15 is 0 Å². The van der Waals surface area contributed by atoms with Crippen LogP contribution in [0.4, 0.5) is 0 Å². The Morgan fingerprint density at radius 2 is 1.89 bits per heavy atom. The van der Waals surface area contributed by atoms with E-state index in [1.807, 2.05) is 32.6 Å². The number of hydrogen-bond donors (Lipinski definition) is 1. The molecule has 0 radical (unpaired) electrons. The first-order valence-electron chi connectivity index (χ1n) is 6.53. The van der Waals surface area contributed by atoms with Crippen LogP contribution in [0.2, 0.25) is 0 Å². The Balaban J connectivity index is 4.12. The number of nitrogens with two attached hydrogens (primary N) is 1. The van der Waals surface area contributed by atoms with Crippen molar-refractivity contribution in [2.75, 3.05) is 19.7 Å². The third-order valence-corrected chi connectivity index (χ3v) is 2.66. The number of nitrogens with zero attached hydrogens (tertiary/aromatic N) is 1. The van der Waals surface area contributed by atoms with E-state index in [2.05, 4.69) is 0 Å². The Kier molecular flexibility index (Phi) is 8.93. The molecule has 0 saturated carbocycles. The molecule has 0 bridgehead atoms. The second-order valence-electron chi connectivity index (χ2n) is 4.97. The Bertz CT molecular complexity index is 268. The lowest BCUT2D eigenvalue weighted by Gasteiger charge is -2.24. The van der Waals surface area contributed by atoms with Gasteiger partial charge in [0.25, 0.3) is 0 Å². The molecular formula is C13H26N2O2S. The summed E-state index contributed by atoms with van der Waals surface area (Å²) in [5, 5.41) is 0. The van der Waals surface area contributed by atoms with E-state index in [1.54, 1.807) is 0 Å². The van der Waals surface area contributed by atoms with E-state index in [0.717, 1.165) is 6.42 Å². The third kappa shape index (κ3) is 8.42. The minimum atomic E-state index is 0.00219. The molecule has 0 heterocycles. The van der Waals surface area contributed by atoms with Gasteiger partial charge < -0.3 is 15.4 Å². The van der Waals surface area contributed by atoms with Crippen LogP contribution in [-0.2, 0) is 9.53 Å². The lowest BCUT2D eigenvalue weighted by Crippen LogP contribution is -2.37. The topological polar surface area (TPSA) is 55.6 Å². The summed E-state index contributed by atoms with van der Waals surface area (Å²) in [6.45, 7) is 9.79. The molecule has 0 atom stereocenters. The Morgan fingerprint density at radius 3 is 2.33 bits per heavy atom. The number of carbonyl (C=O) groups is 1. The van der Waals surface area contributed by atoms with Crippen LogP contribution in [0.25, 0.3) is 0 Å². The van der Waals surface area contributed by atoms with Crippen molar-refractivity contribution >= 4 is 23.1 Å². The van der Waals surface area contributed by atoms with Crippen LogP contribution in [0.5, 0.6) is 0 Å². The van der Waals surface area contributed by atoms with Crippen molar-refractivity contribution in [3.05, 3.63) is 0 Å². The van der Waals surface area contributed by atoms with Gasteiger partial charge in [0, 0.05) is 32.0 Å². The molecule has 0 rings (SSSR count). The molecule has 4 nitrogen and oxygen atoms in total. The molecule has 0 aromatic carbocycles. The van der Waals surface area contributed by atoms with Gasteiger partial charge in [-0.25, -0.2) is 0 Å². The van der Waals surface area contributed by atoms with Crippen molar-refractivity contribution in [2.45, 2.75) is 46.6 Å². The first-order valence-corrected chi connectivity index (χ1v) is 6.94. The van der Waals surface area contributed by atoms with E-state index in [9.17, 15) is 4.79 Å². The Morgan fingerprint density at radius 1 is 1.28 bits per heavy atom. The lowest BCUT2D eigenvalue weighted by atomic mass is 10.1. The molecule has 0 fully saturated rings. The van der Waals surface area contributed by atoms with Gasteiger partial charge in [0.2, 0.25) is 5.91 Å². The van der Waals surface area contributed by atoms with Crippen LogP contribution in [0.3, 0.4) is 0 Å². The highest BCUT2D eigenvalue weighted by Gasteiger charge is 2.16. The number of amides is 1. The highest BCUT2D eigenvalue weighted by atomic mass is 32.1. The van der Waals surface area contributed by atoms with Gasteiger partial charge >= 0.3 is 0 Å². The fraction of sp³-hybridized carbons (Fsp3) is 0.846. The van der Waals surface area contributed by atoms with E-state index in [4.69, 9.17) is 22.7 Å². The lowest BCUT2D eigenvalue weighted by molar-refractivity contribution is -0.134. The van der Waals surface area contributed by atoms with E-state index < -0.39 is 0 Å². The zero-order valence-corrected chi connectivity index (χ0v) is 12.8. The second-order valence-corrected chi connectivity index (χ2v) is 5.49. The average Bonchev–Trinajstić information content (AvgIpc) is 2.26. The zero-order valence-electron chi connectivity index (χ0n) is 11.9. The van der Waals surface area contributed by atoms with Gasteiger partial charge in [-0.1, -0.05) is 26.1 Å². The largest absolute Gasteiger partial charge is 0.393 e. The van der Waals surface area contributed by atoms with Gasteiger partial charge in [-0.15, -0.1) is 0 Å². The average molecular weight is 274 g/mol. The maximum atomic E-state index is 12.0. The number of thiocarbonyl (C=S) groups is 1. The van der Waals surface area contributed by atoms with Crippen molar-refractivity contribution < 1.29 is 9.53 Å². The smallest absolute Gasteiger partial charge is 0.225 e. The van der Waals surface area contributed by atoms with Gasteiger partial charge in [0.1, 0.15) is 0 Å². The van der Waals surface area contributed by atoms with Crippen molar-refractivity contribution in [3.63, 3.8) is 0 Å². The molecule has 0 aromatic rings. The quantitative estimate of drug-likeness (QED) is 0.516. The Labute approximate surface area is 116 Å². The second kappa shape index (κ2) is 9.28. The summed E-state index contributed by atoms with van der Waals surface area (Å²) in [4.78, 5) is 14.3. The molecule has 0 aliphatic heterocycles. The van der Waals surface area contributed by atoms with Crippen molar-refractivity contribution in [1.82, 2.24) is 4.90 Å². The van der Waals surface area contributed by atoms with Gasteiger partial charge in [0.15, 0.2) is 0 Å². The van der Waals surface area contributed by atoms with Gasteiger partial charge in [-0.05, 0) is 20.3 Å².